The summed E-state index contributed by atoms with van der Waals surface area (Å²) >= 11 is 1.50. The topological polar surface area (TPSA) is 267 Å². The molecule has 2 heterocycles. The van der Waals surface area contributed by atoms with Gasteiger partial charge in [-0.15, -0.1) is 0 Å². The molecule has 0 aromatic heterocycles. The molecule has 4 aromatic rings. The molecule has 2 aliphatic carbocycles. The van der Waals surface area contributed by atoms with Crippen molar-refractivity contribution in [1.82, 2.24) is 40.9 Å². The summed E-state index contributed by atoms with van der Waals surface area (Å²) in [6.07, 6.45) is 7.53. The number of primary amides is 1. The zero-order valence-electron chi connectivity index (χ0n) is 51.4. The maximum absolute atomic E-state index is 14.6. The van der Waals surface area contributed by atoms with Crippen molar-refractivity contribution in [2.75, 3.05) is 64.7 Å². The molecule has 2 bridgehead atoms. The van der Waals surface area contributed by atoms with Gasteiger partial charge in [-0.25, -0.2) is 0 Å². The molecule has 2 saturated carbocycles. The summed E-state index contributed by atoms with van der Waals surface area (Å²) in [5, 5.41) is 12.6. The van der Waals surface area contributed by atoms with Crippen molar-refractivity contribution in [3.05, 3.63) is 143 Å². The van der Waals surface area contributed by atoms with Crippen LogP contribution in [0.4, 0.5) is 0 Å². The molecule has 474 valence electrons. The molecule has 0 saturated heterocycles. The number of rotatable bonds is 19. The fourth-order valence-electron chi connectivity index (χ4n) is 11.0. The molecular formula is C68H92N10O9S. The van der Waals surface area contributed by atoms with Crippen LogP contribution in [-0.4, -0.2) is 162 Å². The first-order valence-corrected chi connectivity index (χ1v) is 32.7. The lowest BCUT2D eigenvalue weighted by Crippen LogP contribution is -2.55. The summed E-state index contributed by atoms with van der Waals surface area (Å²) < 4.78 is 0. The lowest BCUT2D eigenvalue weighted by atomic mass is 10.0. The van der Waals surface area contributed by atoms with E-state index in [-0.39, 0.29) is 119 Å². The van der Waals surface area contributed by atoms with E-state index >= 15 is 0 Å². The second kappa shape index (κ2) is 35.4. The van der Waals surface area contributed by atoms with Crippen LogP contribution in [-0.2, 0) is 63.4 Å². The monoisotopic (exact) mass is 1220 g/mol. The Labute approximate surface area is 523 Å². The van der Waals surface area contributed by atoms with Crippen LogP contribution in [0.1, 0.15) is 124 Å². The predicted molar refractivity (Wildman–Crippen MR) is 342 cm³/mol. The molecule has 19 nitrogen and oxygen atoms in total. The molecule has 4 atom stereocenters. The Bertz CT molecular complexity index is 2910. The van der Waals surface area contributed by atoms with E-state index in [1.807, 2.05) is 103 Å². The molecule has 4 aliphatic rings. The van der Waals surface area contributed by atoms with Crippen LogP contribution in [0.25, 0.3) is 0 Å². The molecule has 20 heteroatoms. The highest BCUT2D eigenvalue weighted by molar-refractivity contribution is 7.98. The standard InChI is InChI=1S/C68H92N10O9S/c1-48(2)21-30-57-40-77(66(85)37-52-22-23-52)44-61(80)71-56(20-12-13-32-69)39-76(65(84)36-51-18-10-5-11-19-51)46-63(82)73-58(34-49-14-6-3-7-15-49)41-75(43-60(70)79)64(83)31-33-88-47-54-26-28-55(29-27-54)68(87)74-59(35-50-16-8-4-9-17-50)42-78(45-62(81)72-57)67(86)38-53-24-25-53/h3-11,14-19,26-29,48,52-53,56-59H,12-13,20-25,30-47,69H2,1-2H3,(H2,70,79)(H,71,80)(H,72,81)(H,73,82)(H,74,87)/t56-,57-,58-,59-/m0/s1. The average Bonchev–Trinajstić information content (AvgIpc) is 4.22. The van der Waals surface area contributed by atoms with E-state index in [2.05, 4.69) is 35.1 Å². The van der Waals surface area contributed by atoms with Crippen LogP contribution < -0.4 is 32.7 Å². The van der Waals surface area contributed by atoms with Crippen LogP contribution in [0, 0.1) is 17.8 Å². The zero-order chi connectivity index (χ0) is 62.8. The van der Waals surface area contributed by atoms with E-state index < -0.39 is 60.9 Å². The first kappa shape index (κ1) is 67.9. The number of nitrogens with zero attached hydrogens (tertiary/aromatic N) is 4. The number of nitrogens with one attached hydrogen (secondary N) is 4. The van der Waals surface area contributed by atoms with Gasteiger partial charge in [-0.1, -0.05) is 123 Å². The van der Waals surface area contributed by atoms with Crippen molar-refractivity contribution in [2.45, 2.75) is 140 Å². The minimum absolute atomic E-state index is 0.0178. The van der Waals surface area contributed by atoms with Crippen molar-refractivity contribution in [1.29, 1.82) is 0 Å². The lowest BCUT2D eigenvalue weighted by Gasteiger charge is -2.32. The minimum atomic E-state index is -0.725. The third-order valence-electron chi connectivity index (χ3n) is 16.2. The van der Waals surface area contributed by atoms with Gasteiger partial charge in [-0.05, 0) is 123 Å². The highest BCUT2D eigenvalue weighted by Gasteiger charge is 2.34. The van der Waals surface area contributed by atoms with Gasteiger partial charge in [-0.2, -0.15) is 11.8 Å². The molecule has 9 amide bonds. The molecule has 88 heavy (non-hydrogen) atoms. The van der Waals surface area contributed by atoms with E-state index in [9.17, 15) is 43.2 Å². The van der Waals surface area contributed by atoms with E-state index in [0.29, 0.717) is 62.1 Å². The predicted octanol–water partition coefficient (Wildman–Crippen LogP) is 5.57. The molecule has 4 aromatic carbocycles. The van der Waals surface area contributed by atoms with Gasteiger partial charge in [0.05, 0.1) is 44.7 Å². The molecule has 8 N–H and O–H groups in total. The van der Waals surface area contributed by atoms with Crippen molar-refractivity contribution in [3.8, 4) is 0 Å². The first-order chi connectivity index (χ1) is 42.4. The molecule has 0 unspecified atom stereocenters. The van der Waals surface area contributed by atoms with Crippen molar-refractivity contribution in [3.63, 3.8) is 0 Å². The Balaban J connectivity index is 1.22. The second-order valence-electron chi connectivity index (χ2n) is 24.6. The number of amides is 9. The number of unbranched alkanes of at least 4 members (excludes halogenated alkanes) is 1. The first-order valence-electron chi connectivity index (χ1n) is 31.5. The SMILES string of the molecule is CC(C)CC[C@H]1CN(C(=O)CC2CC2)CC(=O)N[C@@H](CCCCN)CN(C(=O)Cc2ccccc2)CC(=O)N[C@@H](Cc2ccccc2)CN(CC(N)=O)C(=O)CCSCc2ccc(cc2)C(=O)N[C@@H](Cc2ccccc2)CN(C(=O)CC2CC2)CC(=O)N1. The van der Waals surface area contributed by atoms with Gasteiger partial charge in [0, 0.05) is 74.6 Å². The van der Waals surface area contributed by atoms with E-state index in [4.69, 9.17) is 11.5 Å². The Kier molecular flexibility index (Phi) is 27.3. The number of carbonyl (C=O) groups is 9. The third-order valence-corrected chi connectivity index (χ3v) is 17.2. The number of benzene rings is 4. The largest absolute Gasteiger partial charge is 0.368 e. The smallest absolute Gasteiger partial charge is 0.251 e. The summed E-state index contributed by atoms with van der Waals surface area (Å²) in [7, 11) is 0. The van der Waals surface area contributed by atoms with E-state index in [0.717, 1.165) is 47.9 Å². The number of hydrogen-bond donors (Lipinski definition) is 6. The summed E-state index contributed by atoms with van der Waals surface area (Å²) in [5.74, 6) is -2.13. The normalized spacial score (nSPS) is 20.5. The Morgan fingerprint density at radius 2 is 1.02 bits per heavy atom. The summed E-state index contributed by atoms with van der Waals surface area (Å²) in [6.45, 7) is 3.02. The van der Waals surface area contributed by atoms with Crippen molar-refractivity contribution < 1.29 is 43.2 Å². The summed E-state index contributed by atoms with van der Waals surface area (Å²) in [6, 6.07) is 32.8. The lowest BCUT2D eigenvalue weighted by molar-refractivity contribution is -0.138. The maximum Gasteiger partial charge on any atom is 0.251 e. The molecule has 8 rings (SSSR count). The van der Waals surface area contributed by atoms with Crippen molar-refractivity contribution in [2.24, 2.45) is 29.2 Å². The van der Waals surface area contributed by atoms with Gasteiger partial charge in [0.25, 0.3) is 5.91 Å². The van der Waals surface area contributed by atoms with Crippen molar-refractivity contribution >= 4 is 64.9 Å². The Morgan fingerprint density at radius 1 is 0.557 bits per heavy atom. The minimum Gasteiger partial charge on any atom is -0.368 e. The van der Waals surface area contributed by atoms with Crippen LogP contribution in [0.3, 0.4) is 0 Å². The number of carbonyl (C=O) groups excluding carboxylic acids is 9. The van der Waals surface area contributed by atoms with Gasteiger partial charge >= 0.3 is 0 Å². The highest BCUT2D eigenvalue weighted by atomic mass is 32.2. The quantitative estimate of drug-likeness (QED) is 0.0499. The van der Waals surface area contributed by atoms with Gasteiger partial charge in [0.1, 0.15) is 0 Å². The number of nitrogens with two attached hydrogens (primary N) is 2. The van der Waals surface area contributed by atoms with Gasteiger partial charge in [0.15, 0.2) is 0 Å². The number of fused-ring (bicyclic) bond motifs is 29. The van der Waals surface area contributed by atoms with Crippen LogP contribution in [0.5, 0.6) is 0 Å². The average molecular weight is 1230 g/mol. The molecule has 2 fully saturated rings. The fraction of sp³-hybridized carbons (Fsp3) is 0.515. The summed E-state index contributed by atoms with van der Waals surface area (Å²) in [4.78, 5) is 134. The van der Waals surface area contributed by atoms with Crippen LogP contribution in [0.15, 0.2) is 115 Å². The number of hydrogen-bond acceptors (Lipinski definition) is 11. The molecule has 0 spiro atoms. The molecular weight excluding hydrogens is 1130 g/mol. The van der Waals surface area contributed by atoms with Gasteiger partial charge < -0.3 is 52.3 Å². The van der Waals surface area contributed by atoms with Crippen LogP contribution >= 0.6 is 11.8 Å². The Hall–Kier alpha value is -7.58. The molecule has 2 aliphatic heterocycles. The highest BCUT2D eigenvalue weighted by Crippen LogP contribution is 2.34. The zero-order valence-corrected chi connectivity index (χ0v) is 52.2. The number of thioether (sulfide) groups is 1. The fourth-order valence-corrected chi connectivity index (χ4v) is 11.9. The second-order valence-corrected chi connectivity index (χ2v) is 25.7. The van der Waals surface area contributed by atoms with E-state index in [1.54, 1.807) is 12.1 Å². The van der Waals surface area contributed by atoms with Crippen LogP contribution in [0.2, 0.25) is 0 Å². The van der Waals surface area contributed by atoms with E-state index in [1.165, 1.54) is 31.4 Å². The maximum atomic E-state index is 14.6. The Morgan fingerprint density at radius 3 is 1.51 bits per heavy atom. The summed E-state index contributed by atoms with van der Waals surface area (Å²) in [5.41, 5.74) is 15.6. The third kappa shape index (κ3) is 24.9. The van der Waals surface area contributed by atoms with Gasteiger partial charge in [-0.3, -0.25) is 43.2 Å². The van der Waals surface area contributed by atoms with Gasteiger partial charge in [0.2, 0.25) is 47.3 Å². The molecule has 0 radical (unpaired) electrons.